The van der Waals surface area contributed by atoms with Crippen molar-refractivity contribution in [1.29, 1.82) is 0 Å². The molecule has 0 aliphatic carbocycles. The van der Waals surface area contributed by atoms with Crippen LogP contribution in [0, 0.1) is 0 Å². The number of sulfonamides is 1. The predicted octanol–water partition coefficient (Wildman–Crippen LogP) is 2.67. The minimum atomic E-state index is -4.21. The van der Waals surface area contributed by atoms with E-state index in [4.69, 9.17) is 31.9 Å². The Balaban J connectivity index is 1.63. The molecule has 1 saturated heterocycles. The molecular formula is C24H27ClN4O7S. The maximum Gasteiger partial charge on any atom is 0.303 e. The van der Waals surface area contributed by atoms with Gasteiger partial charge >= 0.3 is 5.97 Å². The molecule has 4 rings (SSSR count). The first-order valence-electron chi connectivity index (χ1n) is 11.6. The van der Waals surface area contributed by atoms with Crippen molar-refractivity contribution in [3.05, 3.63) is 53.2 Å². The number of carbonyl (C=O) groups is 2. The van der Waals surface area contributed by atoms with Crippen LogP contribution in [0.25, 0.3) is 10.9 Å². The van der Waals surface area contributed by atoms with Gasteiger partial charge in [0.15, 0.2) is 0 Å². The van der Waals surface area contributed by atoms with Gasteiger partial charge < -0.3 is 30.6 Å². The van der Waals surface area contributed by atoms with Crippen LogP contribution in [0.3, 0.4) is 0 Å². The number of nitrogens with one attached hydrogen (secondary N) is 2. The molecule has 0 radical (unpaired) electrons. The monoisotopic (exact) mass is 550 g/mol. The van der Waals surface area contributed by atoms with Gasteiger partial charge in [0.25, 0.3) is 5.91 Å². The molecule has 37 heavy (non-hydrogen) atoms. The molecule has 1 atom stereocenters. The van der Waals surface area contributed by atoms with Gasteiger partial charge in [-0.15, -0.1) is 0 Å². The van der Waals surface area contributed by atoms with Crippen molar-refractivity contribution in [2.45, 2.75) is 23.8 Å². The third kappa shape index (κ3) is 6.16. The van der Waals surface area contributed by atoms with Crippen molar-refractivity contribution in [1.82, 2.24) is 9.29 Å². The Morgan fingerprint density at radius 1 is 1.27 bits per heavy atom. The summed E-state index contributed by atoms with van der Waals surface area (Å²) in [6.07, 6.45) is -0.237. The third-order valence-electron chi connectivity index (χ3n) is 5.83. The molecule has 0 saturated carbocycles. The highest BCUT2D eigenvalue weighted by Crippen LogP contribution is 2.36. The van der Waals surface area contributed by atoms with Gasteiger partial charge in [0.2, 0.25) is 10.0 Å². The fourth-order valence-electron chi connectivity index (χ4n) is 4.13. The van der Waals surface area contributed by atoms with Gasteiger partial charge in [0, 0.05) is 36.5 Å². The number of amides is 1. The minimum Gasteiger partial charge on any atom is -0.491 e. The highest BCUT2D eigenvalue weighted by atomic mass is 35.5. The first-order valence-corrected chi connectivity index (χ1v) is 13.4. The first kappa shape index (κ1) is 26.7. The molecule has 0 bridgehead atoms. The number of primary amides is 1. The number of benzene rings is 2. The highest BCUT2D eigenvalue weighted by molar-refractivity contribution is 7.89. The SMILES string of the molecule is NC(=O)c1[nH]c2c(NCCCC(=O)O)cc(Cl)cc2c1S(=O)(=O)N1CCOC(COc2ccccc2)C1. The predicted molar refractivity (Wildman–Crippen MR) is 138 cm³/mol. The topological polar surface area (TPSA) is 164 Å². The summed E-state index contributed by atoms with van der Waals surface area (Å²) in [5.74, 6) is -1.24. The van der Waals surface area contributed by atoms with E-state index in [-0.39, 0.29) is 53.7 Å². The number of halogens is 1. The van der Waals surface area contributed by atoms with Crippen LogP contribution in [0.1, 0.15) is 23.3 Å². The average molecular weight is 551 g/mol. The van der Waals surface area contributed by atoms with Crippen LogP contribution in [-0.4, -0.2) is 73.6 Å². The van der Waals surface area contributed by atoms with Gasteiger partial charge in [-0.3, -0.25) is 9.59 Å². The Bertz CT molecular complexity index is 1400. The van der Waals surface area contributed by atoms with Crippen LogP contribution in [0.5, 0.6) is 5.75 Å². The molecule has 198 valence electrons. The van der Waals surface area contributed by atoms with E-state index in [1.807, 2.05) is 18.2 Å². The number of carbonyl (C=O) groups excluding carboxylic acids is 1. The number of fused-ring (bicyclic) bond motifs is 1. The maximum absolute atomic E-state index is 13.8. The van der Waals surface area contributed by atoms with Crippen LogP contribution in [0.2, 0.25) is 5.02 Å². The summed E-state index contributed by atoms with van der Waals surface area (Å²) in [4.78, 5) is 25.7. The van der Waals surface area contributed by atoms with Crippen molar-refractivity contribution >= 4 is 50.1 Å². The number of nitrogens with two attached hydrogens (primary N) is 1. The summed E-state index contributed by atoms with van der Waals surface area (Å²) < 4.78 is 40.4. The van der Waals surface area contributed by atoms with E-state index in [0.717, 1.165) is 0 Å². The second kappa shape index (κ2) is 11.4. The van der Waals surface area contributed by atoms with Crippen LogP contribution in [-0.2, 0) is 19.6 Å². The van der Waals surface area contributed by atoms with E-state index >= 15 is 0 Å². The number of ether oxygens (including phenoxy) is 2. The molecular weight excluding hydrogens is 524 g/mol. The van der Waals surface area contributed by atoms with Crippen LogP contribution >= 0.6 is 11.6 Å². The van der Waals surface area contributed by atoms with Crippen LogP contribution in [0.15, 0.2) is 47.4 Å². The van der Waals surface area contributed by atoms with E-state index in [0.29, 0.717) is 29.9 Å². The number of aromatic amines is 1. The van der Waals surface area contributed by atoms with Gasteiger partial charge in [-0.2, -0.15) is 4.31 Å². The second-order valence-corrected chi connectivity index (χ2v) is 10.8. The molecule has 1 unspecified atom stereocenters. The zero-order chi connectivity index (χ0) is 26.6. The van der Waals surface area contributed by atoms with Crippen LogP contribution in [0.4, 0.5) is 5.69 Å². The Hall–Kier alpha value is -3.32. The number of para-hydroxylation sites is 1. The minimum absolute atomic E-state index is 0.0148. The Morgan fingerprint density at radius 2 is 2.03 bits per heavy atom. The molecule has 1 amide bonds. The fraction of sp³-hybridized carbons (Fsp3) is 0.333. The molecule has 11 nitrogen and oxygen atoms in total. The number of aliphatic carboxylic acids is 1. The van der Waals surface area contributed by atoms with E-state index in [1.165, 1.54) is 10.4 Å². The zero-order valence-electron chi connectivity index (χ0n) is 19.8. The quantitative estimate of drug-likeness (QED) is 0.265. The number of nitrogens with zero attached hydrogens (tertiary/aromatic N) is 1. The number of hydrogen-bond acceptors (Lipinski definition) is 7. The fourth-order valence-corrected chi connectivity index (χ4v) is 6.13. The normalized spacial score (nSPS) is 16.5. The lowest BCUT2D eigenvalue weighted by atomic mass is 10.2. The lowest BCUT2D eigenvalue weighted by Gasteiger charge is -2.32. The van der Waals surface area contributed by atoms with Crippen molar-refractivity contribution in [3.8, 4) is 5.75 Å². The Kier molecular flexibility index (Phi) is 8.22. The molecule has 0 spiro atoms. The second-order valence-electron chi connectivity index (χ2n) is 8.47. The summed E-state index contributed by atoms with van der Waals surface area (Å²) in [5, 5.41) is 12.3. The lowest BCUT2D eigenvalue weighted by molar-refractivity contribution is -0.137. The van der Waals surface area contributed by atoms with Crippen molar-refractivity contribution < 1.29 is 32.6 Å². The number of carboxylic acids is 1. The number of carboxylic acid groups (broad SMARTS) is 1. The molecule has 13 heteroatoms. The number of H-pyrrole nitrogens is 1. The lowest BCUT2D eigenvalue weighted by Crippen LogP contribution is -2.47. The summed E-state index contributed by atoms with van der Waals surface area (Å²) in [6.45, 7) is 0.675. The Morgan fingerprint density at radius 3 is 2.73 bits per heavy atom. The molecule has 1 aromatic heterocycles. The highest BCUT2D eigenvalue weighted by Gasteiger charge is 2.36. The van der Waals surface area contributed by atoms with Gasteiger partial charge in [-0.05, 0) is 30.7 Å². The number of rotatable bonds is 11. The molecule has 1 aliphatic heterocycles. The van der Waals surface area contributed by atoms with Gasteiger partial charge in [0.1, 0.15) is 29.0 Å². The number of aromatic nitrogens is 1. The van der Waals surface area contributed by atoms with Gasteiger partial charge in [0.05, 0.1) is 17.8 Å². The molecule has 1 fully saturated rings. The van der Waals surface area contributed by atoms with Gasteiger partial charge in [-0.25, -0.2) is 8.42 Å². The number of hydrogen-bond donors (Lipinski definition) is 4. The van der Waals surface area contributed by atoms with Crippen molar-refractivity contribution in [2.75, 3.05) is 38.2 Å². The summed E-state index contributed by atoms with van der Waals surface area (Å²) in [6, 6.07) is 12.1. The maximum atomic E-state index is 13.8. The molecule has 1 aliphatic rings. The smallest absolute Gasteiger partial charge is 0.303 e. The summed E-state index contributed by atoms with van der Waals surface area (Å²) in [5.41, 5.74) is 6.05. The zero-order valence-corrected chi connectivity index (χ0v) is 21.3. The molecule has 5 N–H and O–H groups in total. The molecule has 2 aromatic carbocycles. The van der Waals surface area contributed by atoms with Crippen LogP contribution < -0.4 is 15.8 Å². The average Bonchev–Trinajstić information content (AvgIpc) is 3.27. The van der Waals surface area contributed by atoms with Crippen molar-refractivity contribution in [3.63, 3.8) is 0 Å². The standard InChI is InChI=1S/C24H27ClN4O7S/c25-15-11-18-21(19(12-15)27-8-4-7-20(30)31)28-22(24(26)32)23(18)37(33,34)29-9-10-35-17(13-29)14-36-16-5-2-1-3-6-16/h1-3,5-6,11-12,17,27-28H,4,7-10,13-14H2,(H2,26,32)(H,30,31). The summed E-state index contributed by atoms with van der Waals surface area (Å²) >= 11 is 6.30. The number of morpholine rings is 1. The van der Waals surface area contributed by atoms with Crippen molar-refractivity contribution in [2.24, 2.45) is 5.73 Å². The van der Waals surface area contributed by atoms with E-state index in [1.54, 1.807) is 18.2 Å². The van der Waals surface area contributed by atoms with E-state index < -0.39 is 28.0 Å². The largest absolute Gasteiger partial charge is 0.491 e. The first-order chi connectivity index (χ1) is 17.7. The summed E-state index contributed by atoms with van der Waals surface area (Å²) in [7, 11) is -4.21. The van der Waals surface area contributed by atoms with Gasteiger partial charge in [-0.1, -0.05) is 29.8 Å². The molecule has 2 heterocycles. The number of anilines is 1. The Labute approximate surface area is 218 Å². The van der Waals surface area contributed by atoms with E-state index in [9.17, 15) is 18.0 Å². The van der Waals surface area contributed by atoms with E-state index in [2.05, 4.69) is 10.3 Å². The molecule has 3 aromatic rings. The third-order valence-corrected chi connectivity index (χ3v) is 8.00.